The molecule has 94 valence electrons. The van der Waals surface area contributed by atoms with Crippen LogP contribution in [-0.4, -0.2) is 14.8 Å². The Morgan fingerprint density at radius 1 is 0.947 bits per heavy atom. The molecule has 2 aromatic carbocycles. The van der Waals surface area contributed by atoms with Gasteiger partial charge in [0.1, 0.15) is 6.33 Å². The highest BCUT2D eigenvalue weighted by Crippen LogP contribution is 2.20. The molecule has 3 aromatic rings. The third kappa shape index (κ3) is 2.51. The van der Waals surface area contributed by atoms with E-state index in [1.165, 1.54) is 0 Å². The van der Waals surface area contributed by atoms with E-state index in [9.17, 15) is 0 Å². The Bertz CT molecular complexity index is 677. The van der Waals surface area contributed by atoms with Crippen LogP contribution in [0.1, 0.15) is 5.56 Å². The number of rotatable bonds is 3. The van der Waals surface area contributed by atoms with E-state index in [-0.39, 0.29) is 0 Å². The molecular weight excluding hydrogens is 258 g/mol. The van der Waals surface area contributed by atoms with Crippen molar-refractivity contribution in [3.63, 3.8) is 0 Å². The van der Waals surface area contributed by atoms with Gasteiger partial charge in [0.25, 0.3) is 0 Å². The van der Waals surface area contributed by atoms with E-state index in [0.717, 1.165) is 22.0 Å². The van der Waals surface area contributed by atoms with Gasteiger partial charge in [0.15, 0.2) is 5.82 Å². The van der Waals surface area contributed by atoms with Crippen molar-refractivity contribution in [2.24, 2.45) is 0 Å². The van der Waals surface area contributed by atoms with Crippen molar-refractivity contribution in [1.82, 2.24) is 14.8 Å². The second kappa shape index (κ2) is 5.24. The predicted octanol–water partition coefficient (Wildman–Crippen LogP) is 3.65. The summed E-state index contributed by atoms with van der Waals surface area (Å²) in [6.07, 6.45) is 1.73. The number of hydrogen-bond acceptors (Lipinski definition) is 2. The molecule has 19 heavy (non-hydrogen) atoms. The van der Waals surface area contributed by atoms with Gasteiger partial charge in [0, 0.05) is 10.6 Å². The number of hydrogen-bond donors (Lipinski definition) is 0. The average Bonchev–Trinajstić information content (AvgIpc) is 2.91. The highest BCUT2D eigenvalue weighted by Gasteiger charge is 2.08. The Labute approximate surface area is 116 Å². The maximum atomic E-state index is 6.19. The first-order valence-corrected chi connectivity index (χ1v) is 6.39. The van der Waals surface area contributed by atoms with Crippen LogP contribution < -0.4 is 0 Å². The summed E-state index contributed by atoms with van der Waals surface area (Å²) in [6.45, 7) is 0.664. The molecule has 1 aromatic heterocycles. The molecule has 0 N–H and O–H groups in total. The van der Waals surface area contributed by atoms with Crippen LogP contribution in [0.3, 0.4) is 0 Å². The molecule has 0 fully saturated rings. The third-order valence-corrected chi connectivity index (χ3v) is 3.31. The van der Waals surface area contributed by atoms with Gasteiger partial charge < -0.3 is 4.57 Å². The van der Waals surface area contributed by atoms with Crippen molar-refractivity contribution < 1.29 is 0 Å². The quantitative estimate of drug-likeness (QED) is 0.727. The predicted molar refractivity (Wildman–Crippen MR) is 76.0 cm³/mol. The zero-order valence-corrected chi connectivity index (χ0v) is 11.0. The molecule has 0 saturated carbocycles. The van der Waals surface area contributed by atoms with E-state index in [0.29, 0.717) is 6.54 Å². The van der Waals surface area contributed by atoms with Crippen molar-refractivity contribution in [2.45, 2.75) is 6.54 Å². The Kier molecular flexibility index (Phi) is 3.29. The molecule has 0 aliphatic carbocycles. The van der Waals surface area contributed by atoms with E-state index < -0.39 is 0 Å². The standard InChI is InChI=1S/C15H12ClN3/c16-14-9-5-4-8-13(14)10-19-11-17-18-15(19)12-6-2-1-3-7-12/h1-9,11H,10H2. The molecule has 0 radical (unpaired) electrons. The van der Waals surface area contributed by atoms with Crippen molar-refractivity contribution >= 4 is 11.6 Å². The van der Waals surface area contributed by atoms with Crippen LogP contribution in [0.2, 0.25) is 5.02 Å². The fourth-order valence-electron chi connectivity index (χ4n) is 1.99. The summed E-state index contributed by atoms with van der Waals surface area (Å²) < 4.78 is 2.00. The molecule has 0 saturated heterocycles. The molecule has 0 aliphatic heterocycles. The lowest BCUT2D eigenvalue weighted by Gasteiger charge is -2.08. The molecular formula is C15H12ClN3. The van der Waals surface area contributed by atoms with Crippen LogP contribution in [0, 0.1) is 0 Å². The number of aromatic nitrogens is 3. The average molecular weight is 270 g/mol. The first-order chi connectivity index (χ1) is 9.34. The van der Waals surface area contributed by atoms with Gasteiger partial charge in [-0.3, -0.25) is 0 Å². The fourth-order valence-corrected chi connectivity index (χ4v) is 2.19. The van der Waals surface area contributed by atoms with E-state index in [4.69, 9.17) is 11.6 Å². The van der Waals surface area contributed by atoms with Gasteiger partial charge in [-0.25, -0.2) is 0 Å². The number of benzene rings is 2. The smallest absolute Gasteiger partial charge is 0.164 e. The molecule has 3 nitrogen and oxygen atoms in total. The third-order valence-electron chi connectivity index (χ3n) is 2.95. The summed E-state index contributed by atoms with van der Waals surface area (Å²) in [5.74, 6) is 0.848. The van der Waals surface area contributed by atoms with Crippen molar-refractivity contribution in [1.29, 1.82) is 0 Å². The summed E-state index contributed by atoms with van der Waals surface area (Å²) >= 11 is 6.19. The van der Waals surface area contributed by atoms with Crippen LogP contribution in [-0.2, 0) is 6.54 Å². The van der Waals surface area contributed by atoms with E-state index in [2.05, 4.69) is 10.2 Å². The monoisotopic (exact) mass is 269 g/mol. The minimum Gasteiger partial charge on any atom is -0.309 e. The van der Waals surface area contributed by atoms with Crippen LogP contribution in [0.15, 0.2) is 60.9 Å². The van der Waals surface area contributed by atoms with Crippen molar-refractivity contribution in [2.75, 3.05) is 0 Å². The zero-order valence-electron chi connectivity index (χ0n) is 10.2. The van der Waals surface area contributed by atoms with Gasteiger partial charge in [0.05, 0.1) is 6.54 Å². The second-order valence-electron chi connectivity index (χ2n) is 4.24. The Morgan fingerprint density at radius 2 is 1.68 bits per heavy atom. The molecule has 0 spiro atoms. The lowest BCUT2D eigenvalue weighted by Crippen LogP contribution is -2.01. The minimum absolute atomic E-state index is 0.664. The van der Waals surface area contributed by atoms with Gasteiger partial charge in [-0.1, -0.05) is 60.1 Å². The van der Waals surface area contributed by atoms with Crippen LogP contribution >= 0.6 is 11.6 Å². The summed E-state index contributed by atoms with van der Waals surface area (Å²) in [6, 6.07) is 17.8. The molecule has 3 rings (SSSR count). The summed E-state index contributed by atoms with van der Waals surface area (Å²) in [4.78, 5) is 0. The van der Waals surface area contributed by atoms with E-state index >= 15 is 0 Å². The SMILES string of the molecule is Clc1ccccc1Cn1cnnc1-c1ccccc1. The lowest BCUT2D eigenvalue weighted by atomic mass is 10.2. The summed E-state index contributed by atoms with van der Waals surface area (Å²) in [5, 5.41) is 8.94. The first kappa shape index (κ1) is 11.9. The van der Waals surface area contributed by atoms with Crippen molar-refractivity contribution in [3.8, 4) is 11.4 Å². The Morgan fingerprint density at radius 3 is 2.47 bits per heavy atom. The number of nitrogens with zero attached hydrogens (tertiary/aromatic N) is 3. The van der Waals surface area contributed by atoms with Gasteiger partial charge in [-0.15, -0.1) is 10.2 Å². The first-order valence-electron chi connectivity index (χ1n) is 6.01. The molecule has 1 heterocycles. The zero-order chi connectivity index (χ0) is 13.1. The van der Waals surface area contributed by atoms with Gasteiger partial charge in [-0.2, -0.15) is 0 Å². The molecule has 0 bridgehead atoms. The van der Waals surface area contributed by atoms with Crippen molar-refractivity contribution in [3.05, 3.63) is 71.5 Å². The molecule has 0 amide bonds. The molecule has 4 heteroatoms. The van der Waals surface area contributed by atoms with Crippen LogP contribution in [0.4, 0.5) is 0 Å². The highest BCUT2D eigenvalue weighted by atomic mass is 35.5. The van der Waals surface area contributed by atoms with E-state index in [1.54, 1.807) is 6.33 Å². The molecule has 0 atom stereocenters. The maximum absolute atomic E-state index is 6.19. The molecule has 0 aliphatic rings. The van der Waals surface area contributed by atoms with E-state index in [1.807, 2.05) is 59.2 Å². The van der Waals surface area contributed by atoms with Gasteiger partial charge >= 0.3 is 0 Å². The molecule has 0 unspecified atom stereocenters. The second-order valence-corrected chi connectivity index (χ2v) is 4.65. The lowest BCUT2D eigenvalue weighted by molar-refractivity contribution is 0.803. The van der Waals surface area contributed by atoms with Gasteiger partial charge in [-0.05, 0) is 11.6 Å². The normalized spacial score (nSPS) is 10.6. The highest BCUT2D eigenvalue weighted by molar-refractivity contribution is 6.31. The Balaban J connectivity index is 1.96. The number of halogens is 1. The largest absolute Gasteiger partial charge is 0.309 e. The van der Waals surface area contributed by atoms with Crippen LogP contribution in [0.25, 0.3) is 11.4 Å². The Hall–Kier alpha value is -2.13. The van der Waals surface area contributed by atoms with Crippen LogP contribution in [0.5, 0.6) is 0 Å². The topological polar surface area (TPSA) is 30.7 Å². The minimum atomic E-state index is 0.664. The maximum Gasteiger partial charge on any atom is 0.164 e. The van der Waals surface area contributed by atoms with Gasteiger partial charge in [0.2, 0.25) is 0 Å². The summed E-state index contributed by atoms with van der Waals surface area (Å²) in [5.41, 5.74) is 2.10. The summed E-state index contributed by atoms with van der Waals surface area (Å²) in [7, 11) is 0. The fraction of sp³-hybridized carbons (Fsp3) is 0.0667.